The Kier molecular flexibility index (Phi) is 5.06. The Morgan fingerprint density at radius 3 is 2.73 bits per heavy atom. The minimum Gasteiger partial charge on any atom is -0.495 e. The Bertz CT molecular complexity index is 317. The lowest BCUT2D eigenvalue weighted by molar-refractivity contribution is 0.415. The molecular formula is C11H15Cl2NO. The maximum atomic E-state index is 5.94. The van der Waals surface area contributed by atoms with E-state index >= 15 is 0 Å². The molecule has 0 saturated carbocycles. The maximum absolute atomic E-state index is 5.94. The highest BCUT2D eigenvalue weighted by Gasteiger charge is 2.08. The molecule has 0 unspecified atom stereocenters. The molecule has 0 aliphatic rings. The van der Waals surface area contributed by atoms with Crippen LogP contribution < -0.4 is 9.64 Å². The molecule has 84 valence electrons. The molecule has 0 amide bonds. The minimum absolute atomic E-state index is 0.660. The Hall–Kier alpha value is -0.600. The Morgan fingerprint density at radius 1 is 1.40 bits per heavy atom. The molecule has 0 radical (unpaired) electrons. The summed E-state index contributed by atoms with van der Waals surface area (Å²) in [6.07, 6.45) is 0.938. The van der Waals surface area contributed by atoms with Gasteiger partial charge in [-0.3, -0.25) is 0 Å². The zero-order chi connectivity index (χ0) is 11.3. The SMILES string of the molecule is COc1ccc(Cl)cc1N(C)CCCCl. The van der Waals surface area contributed by atoms with Crippen LogP contribution in [0.1, 0.15) is 6.42 Å². The topological polar surface area (TPSA) is 12.5 Å². The van der Waals surface area contributed by atoms with Crippen molar-refractivity contribution in [3.63, 3.8) is 0 Å². The van der Waals surface area contributed by atoms with Gasteiger partial charge in [0, 0.05) is 24.5 Å². The molecule has 1 rings (SSSR count). The molecule has 0 spiro atoms. The first-order chi connectivity index (χ1) is 7.19. The fraction of sp³-hybridized carbons (Fsp3) is 0.455. The molecule has 0 fully saturated rings. The molecule has 2 nitrogen and oxygen atoms in total. The number of methoxy groups -OCH3 is 1. The number of alkyl halides is 1. The lowest BCUT2D eigenvalue weighted by Crippen LogP contribution is -2.19. The lowest BCUT2D eigenvalue weighted by atomic mass is 10.2. The van der Waals surface area contributed by atoms with E-state index in [1.54, 1.807) is 7.11 Å². The Balaban J connectivity index is 2.85. The first kappa shape index (κ1) is 12.5. The van der Waals surface area contributed by atoms with Crippen LogP contribution in [0, 0.1) is 0 Å². The highest BCUT2D eigenvalue weighted by atomic mass is 35.5. The number of hydrogen-bond acceptors (Lipinski definition) is 2. The maximum Gasteiger partial charge on any atom is 0.142 e. The molecule has 0 saturated heterocycles. The van der Waals surface area contributed by atoms with Crippen LogP contribution in [0.15, 0.2) is 18.2 Å². The number of anilines is 1. The van der Waals surface area contributed by atoms with Crippen molar-refractivity contribution in [2.45, 2.75) is 6.42 Å². The fourth-order valence-electron chi connectivity index (χ4n) is 1.38. The van der Waals surface area contributed by atoms with Crippen LogP contribution in [-0.4, -0.2) is 26.6 Å². The van der Waals surface area contributed by atoms with Crippen molar-refractivity contribution in [3.8, 4) is 5.75 Å². The third-order valence-corrected chi connectivity index (χ3v) is 2.68. The molecule has 0 N–H and O–H groups in total. The van der Waals surface area contributed by atoms with Crippen molar-refractivity contribution in [1.82, 2.24) is 0 Å². The number of hydrogen-bond donors (Lipinski definition) is 0. The molecule has 0 bridgehead atoms. The van der Waals surface area contributed by atoms with Gasteiger partial charge in [0.25, 0.3) is 0 Å². The number of halogens is 2. The summed E-state index contributed by atoms with van der Waals surface area (Å²) >= 11 is 11.6. The second-order valence-electron chi connectivity index (χ2n) is 3.28. The van der Waals surface area contributed by atoms with Crippen molar-refractivity contribution in [2.24, 2.45) is 0 Å². The van der Waals surface area contributed by atoms with E-state index in [1.807, 2.05) is 25.2 Å². The van der Waals surface area contributed by atoms with E-state index in [-0.39, 0.29) is 0 Å². The monoisotopic (exact) mass is 247 g/mol. The van der Waals surface area contributed by atoms with Gasteiger partial charge in [-0.2, -0.15) is 0 Å². The van der Waals surface area contributed by atoms with Gasteiger partial charge in [0.1, 0.15) is 5.75 Å². The molecule has 1 aromatic rings. The van der Waals surface area contributed by atoms with Gasteiger partial charge in [0.2, 0.25) is 0 Å². The average molecular weight is 248 g/mol. The lowest BCUT2D eigenvalue weighted by Gasteiger charge is -2.21. The third-order valence-electron chi connectivity index (χ3n) is 2.18. The normalized spacial score (nSPS) is 10.1. The van der Waals surface area contributed by atoms with Crippen LogP contribution in [0.3, 0.4) is 0 Å². The fourth-order valence-corrected chi connectivity index (χ4v) is 1.66. The largest absolute Gasteiger partial charge is 0.495 e. The number of rotatable bonds is 5. The number of benzene rings is 1. The molecule has 1 aromatic carbocycles. The van der Waals surface area contributed by atoms with Crippen LogP contribution in [0.25, 0.3) is 0 Å². The second-order valence-corrected chi connectivity index (χ2v) is 4.09. The van der Waals surface area contributed by atoms with E-state index in [2.05, 4.69) is 4.90 Å². The molecule has 0 aliphatic heterocycles. The van der Waals surface area contributed by atoms with Crippen LogP contribution in [0.5, 0.6) is 5.75 Å². The molecular weight excluding hydrogens is 233 g/mol. The predicted octanol–water partition coefficient (Wildman–Crippen LogP) is 3.41. The smallest absolute Gasteiger partial charge is 0.142 e. The standard InChI is InChI=1S/C11H15Cl2NO/c1-14(7-3-6-12)10-8-9(13)4-5-11(10)15-2/h4-5,8H,3,6-7H2,1-2H3. The first-order valence-corrected chi connectivity index (χ1v) is 5.71. The number of ether oxygens (including phenoxy) is 1. The quantitative estimate of drug-likeness (QED) is 0.740. The number of nitrogens with zero attached hydrogens (tertiary/aromatic N) is 1. The van der Waals surface area contributed by atoms with Crippen molar-refractivity contribution in [3.05, 3.63) is 23.2 Å². The van der Waals surface area contributed by atoms with Crippen LogP contribution >= 0.6 is 23.2 Å². The average Bonchev–Trinajstić information content (AvgIpc) is 2.25. The summed E-state index contributed by atoms with van der Waals surface area (Å²) in [7, 11) is 3.66. The van der Waals surface area contributed by atoms with Gasteiger partial charge in [-0.15, -0.1) is 11.6 Å². The molecule has 0 aromatic heterocycles. The van der Waals surface area contributed by atoms with Crippen molar-refractivity contribution >= 4 is 28.9 Å². The molecule has 4 heteroatoms. The van der Waals surface area contributed by atoms with Gasteiger partial charge in [0.05, 0.1) is 12.8 Å². The van der Waals surface area contributed by atoms with E-state index in [0.29, 0.717) is 10.9 Å². The summed E-state index contributed by atoms with van der Waals surface area (Å²) in [6, 6.07) is 5.59. The second kappa shape index (κ2) is 6.09. The minimum atomic E-state index is 0.660. The van der Waals surface area contributed by atoms with Crippen molar-refractivity contribution < 1.29 is 4.74 Å². The van der Waals surface area contributed by atoms with Gasteiger partial charge in [-0.25, -0.2) is 0 Å². The van der Waals surface area contributed by atoms with Gasteiger partial charge in [-0.1, -0.05) is 11.6 Å². The van der Waals surface area contributed by atoms with Crippen molar-refractivity contribution in [1.29, 1.82) is 0 Å². The van der Waals surface area contributed by atoms with E-state index < -0.39 is 0 Å². The molecule has 0 aliphatic carbocycles. The van der Waals surface area contributed by atoms with E-state index in [9.17, 15) is 0 Å². The zero-order valence-electron chi connectivity index (χ0n) is 8.96. The van der Waals surface area contributed by atoms with Crippen LogP contribution in [0.2, 0.25) is 5.02 Å². The summed E-state index contributed by atoms with van der Waals surface area (Å²) in [6.45, 7) is 0.889. The van der Waals surface area contributed by atoms with Crippen LogP contribution in [-0.2, 0) is 0 Å². The van der Waals surface area contributed by atoms with Crippen LogP contribution in [0.4, 0.5) is 5.69 Å². The van der Waals surface area contributed by atoms with Gasteiger partial charge in [0.15, 0.2) is 0 Å². The van der Waals surface area contributed by atoms with Gasteiger partial charge < -0.3 is 9.64 Å². The van der Waals surface area contributed by atoms with E-state index in [4.69, 9.17) is 27.9 Å². The summed E-state index contributed by atoms with van der Waals surface area (Å²) in [5, 5.41) is 0.712. The van der Waals surface area contributed by atoms with E-state index in [0.717, 1.165) is 24.4 Å². The highest BCUT2D eigenvalue weighted by Crippen LogP contribution is 2.30. The first-order valence-electron chi connectivity index (χ1n) is 4.79. The Labute approximate surface area is 101 Å². The van der Waals surface area contributed by atoms with Gasteiger partial charge >= 0.3 is 0 Å². The van der Waals surface area contributed by atoms with Gasteiger partial charge in [-0.05, 0) is 24.6 Å². The Morgan fingerprint density at radius 2 is 2.13 bits per heavy atom. The zero-order valence-corrected chi connectivity index (χ0v) is 10.5. The highest BCUT2D eigenvalue weighted by molar-refractivity contribution is 6.30. The van der Waals surface area contributed by atoms with E-state index in [1.165, 1.54) is 0 Å². The summed E-state index contributed by atoms with van der Waals surface area (Å²) in [4.78, 5) is 2.09. The van der Waals surface area contributed by atoms with Crippen molar-refractivity contribution in [2.75, 3.05) is 31.5 Å². The molecule has 0 atom stereocenters. The molecule has 15 heavy (non-hydrogen) atoms. The summed E-state index contributed by atoms with van der Waals surface area (Å²) in [5.74, 6) is 1.49. The summed E-state index contributed by atoms with van der Waals surface area (Å²) < 4.78 is 5.27. The third kappa shape index (κ3) is 3.47. The summed E-state index contributed by atoms with van der Waals surface area (Å²) in [5.41, 5.74) is 0.995. The predicted molar refractivity (Wildman–Crippen MR) is 66.6 cm³/mol. The molecule has 0 heterocycles.